The zero-order valence-corrected chi connectivity index (χ0v) is 16.7. The topological polar surface area (TPSA) is 59.8 Å². The molecule has 0 unspecified atom stereocenters. The second kappa shape index (κ2) is 8.51. The second-order valence-electron chi connectivity index (χ2n) is 6.14. The number of aromatic nitrogens is 3. The Kier molecular flexibility index (Phi) is 6.11. The first-order valence-corrected chi connectivity index (χ1v) is 10.4. The van der Waals surface area contributed by atoms with Crippen LogP contribution in [0.25, 0.3) is 10.7 Å². The van der Waals surface area contributed by atoms with Crippen LogP contribution in [0.1, 0.15) is 32.3 Å². The maximum atomic E-state index is 12.3. The van der Waals surface area contributed by atoms with Crippen molar-refractivity contribution in [3.63, 3.8) is 0 Å². The van der Waals surface area contributed by atoms with Crippen molar-refractivity contribution in [1.82, 2.24) is 14.8 Å². The number of amides is 1. The Labute approximate surface area is 161 Å². The Morgan fingerprint density at radius 1 is 1.27 bits per heavy atom. The molecule has 3 aromatic rings. The summed E-state index contributed by atoms with van der Waals surface area (Å²) in [6.45, 7) is 7.10. The highest BCUT2D eigenvalue weighted by atomic mass is 32.2. The van der Waals surface area contributed by atoms with Gasteiger partial charge in [-0.1, -0.05) is 43.8 Å². The van der Waals surface area contributed by atoms with E-state index in [-0.39, 0.29) is 5.91 Å². The fourth-order valence-corrected chi connectivity index (χ4v) is 4.09. The van der Waals surface area contributed by atoms with Crippen LogP contribution in [0.3, 0.4) is 0 Å². The minimum absolute atomic E-state index is 0.0424. The Hall–Kier alpha value is -2.12. The van der Waals surface area contributed by atoms with E-state index in [9.17, 15) is 4.79 Å². The standard InChI is InChI=1S/C19H22N4OS2/c1-4-23-18(16-9-6-10-25-16)21-22-19(23)26-12-17(24)20-15-8-5-7-14(11-15)13(2)3/h5-11,13H,4,12H2,1-3H3,(H,20,24). The predicted molar refractivity (Wildman–Crippen MR) is 109 cm³/mol. The molecule has 0 spiro atoms. The van der Waals surface area contributed by atoms with E-state index in [0.717, 1.165) is 28.1 Å². The van der Waals surface area contributed by atoms with E-state index in [4.69, 9.17) is 0 Å². The van der Waals surface area contributed by atoms with Gasteiger partial charge in [-0.05, 0) is 42.0 Å². The number of anilines is 1. The number of nitrogens with one attached hydrogen (secondary N) is 1. The van der Waals surface area contributed by atoms with Crippen molar-refractivity contribution >= 4 is 34.7 Å². The third kappa shape index (κ3) is 4.34. The number of thiophene rings is 1. The molecule has 136 valence electrons. The van der Waals surface area contributed by atoms with E-state index in [2.05, 4.69) is 42.4 Å². The van der Waals surface area contributed by atoms with Gasteiger partial charge >= 0.3 is 0 Å². The molecule has 2 heterocycles. The molecule has 1 N–H and O–H groups in total. The van der Waals surface area contributed by atoms with Crippen molar-refractivity contribution in [2.75, 3.05) is 11.1 Å². The molecule has 0 aliphatic carbocycles. The normalized spacial score (nSPS) is 11.1. The summed E-state index contributed by atoms with van der Waals surface area (Å²) in [5.74, 6) is 1.54. The molecule has 0 saturated carbocycles. The number of thioether (sulfide) groups is 1. The van der Waals surface area contributed by atoms with Gasteiger partial charge in [0.2, 0.25) is 5.91 Å². The second-order valence-corrected chi connectivity index (χ2v) is 8.03. The molecule has 5 nitrogen and oxygen atoms in total. The van der Waals surface area contributed by atoms with Gasteiger partial charge in [0.05, 0.1) is 10.6 Å². The fourth-order valence-electron chi connectivity index (χ4n) is 2.57. The summed E-state index contributed by atoms with van der Waals surface area (Å²) in [5.41, 5.74) is 2.04. The number of nitrogens with zero attached hydrogens (tertiary/aromatic N) is 3. The minimum atomic E-state index is -0.0424. The van der Waals surface area contributed by atoms with Crippen LogP contribution in [0.4, 0.5) is 5.69 Å². The Bertz CT molecular complexity index is 872. The number of rotatable bonds is 7. The van der Waals surface area contributed by atoms with Gasteiger partial charge in [0.15, 0.2) is 11.0 Å². The first-order chi connectivity index (χ1) is 12.6. The van der Waals surface area contributed by atoms with E-state index >= 15 is 0 Å². The van der Waals surface area contributed by atoms with Crippen LogP contribution in [-0.4, -0.2) is 26.4 Å². The van der Waals surface area contributed by atoms with Crippen LogP contribution in [-0.2, 0) is 11.3 Å². The highest BCUT2D eigenvalue weighted by Gasteiger charge is 2.15. The summed E-state index contributed by atoms with van der Waals surface area (Å²) in [4.78, 5) is 13.4. The summed E-state index contributed by atoms with van der Waals surface area (Å²) in [6.07, 6.45) is 0. The van der Waals surface area contributed by atoms with Crippen LogP contribution in [0, 0.1) is 0 Å². The van der Waals surface area contributed by atoms with Crippen LogP contribution in [0.15, 0.2) is 46.9 Å². The first kappa shape index (κ1) is 18.7. The molecule has 0 aliphatic heterocycles. The van der Waals surface area contributed by atoms with Gasteiger partial charge in [0.1, 0.15) is 0 Å². The van der Waals surface area contributed by atoms with Crippen molar-refractivity contribution in [2.24, 2.45) is 0 Å². The maximum absolute atomic E-state index is 12.3. The van der Waals surface area contributed by atoms with E-state index < -0.39 is 0 Å². The molecule has 0 fully saturated rings. The highest BCUT2D eigenvalue weighted by molar-refractivity contribution is 7.99. The smallest absolute Gasteiger partial charge is 0.234 e. The molecule has 3 rings (SSSR count). The van der Waals surface area contributed by atoms with E-state index in [1.165, 1.54) is 17.3 Å². The molecule has 0 saturated heterocycles. The summed E-state index contributed by atoms with van der Waals surface area (Å²) in [5, 5.41) is 14.3. The Morgan fingerprint density at radius 2 is 2.12 bits per heavy atom. The lowest BCUT2D eigenvalue weighted by Crippen LogP contribution is -2.14. The zero-order chi connectivity index (χ0) is 18.5. The first-order valence-electron chi connectivity index (χ1n) is 8.58. The number of benzene rings is 1. The van der Waals surface area contributed by atoms with Gasteiger partial charge < -0.3 is 9.88 Å². The molecule has 26 heavy (non-hydrogen) atoms. The van der Waals surface area contributed by atoms with E-state index in [0.29, 0.717) is 11.7 Å². The number of hydrogen-bond donors (Lipinski definition) is 1. The number of hydrogen-bond acceptors (Lipinski definition) is 5. The molecule has 1 amide bonds. The van der Waals surface area contributed by atoms with Crippen molar-refractivity contribution in [2.45, 2.75) is 38.4 Å². The molecular weight excluding hydrogens is 364 g/mol. The molecule has 0 bridgehead atoms. The van der Waals surface area contributed by atoms with E-state index in [1.807, 2.05) is 40.3 Å². The van der Waals surface area contributed by atoms with Gasteiger partial charge in [-0.2, -0.15) is 0 Å². The zero-order valence-electron chi connectivity index (χ0n) is 15.1. The van der Waals surface area contributed by atoms with Gasteiger partial charge in [0.25, 0.3) is 0 Å². The average Bonchev–Trinajstić information content (AvgIpc) is 3.29. The predicted octanol–water partition coefficient (Wildman–Crippen LogP) is 4.88. The summed E-state index contributed by atoms with van der Waals surface area (Å²) in [6, 6.07) is 12.0. The lowest BCUT2D eigenvalue weighted by Gasteiger charge is -2.10. The lowest BCUT2D eigenvalue weighted by atomic mass is 10.0. The van der Waals surface area contributed by atoms with Crippen LogP contribution < -0.4 is 5.32 Å². The fraction of sp³-hybridized carbons (Fsp3) is 0.316. The number of carbonyl (C=O) groups is 1. The Morgan fingerprint density at radius 3 is 2.81 bits per heavy atom. The van der Waals surface area contributed by atoms with Gasteiger partial charge in [-0.25, -0.2) is 0 Å². The summed E-state index contributed by atoms with van der Waals surface area (Å²) < 4.78 is 2.04. The SMILES string of the molecule is CCn1c(SCC(=O)Nc2cccc(C(C)C)c2)nnc1-c1cccs1. The van der Waals surface area contributed by atoms with Gasteiger partial charge in [0, 0.05) is 12.2 Å². The van der Waals surface area contributed by atoms with Crippen LogP contribution >= 0.6 is 23.1 Å². The third-order valence-corrected chi connectivity index (χ3v) is 5.78. The summed E-state index contributed by atoms with van der Waals surface area (Å²) >= 11 is 3.05. The van der Waals surface area contributed by atoms with Gasteiger partial charge in [-0.3, -0.25) is 4.79 Å². The highest BCUT2D eigenvalue weighted by Crippen LogP contribution is 2.27. The largest absolute Gasteiger partial charge is 0.325 e. The molecule has 1 aromatic carbocycles. The lowest BCUT2D eigenvalue weighted by molar-refractivity contribution is -0.113. The monoisotopic (exact) mass is 386 g/mol. The van der Waals surface area contributed by atoms with Crippen molar-refractivity contribution in [3.8, 4) is 10.7 Å². The van der Waals surface area contributed by atoms with E-state index in [1.54, 1.807) is 11.3 Å². The quantitative estimate of drug-likeness (QED) is 0.588. The molecule has 7 heteroatoms. The number of carbonyl (C=O) groups excluding carboxylic acids is 1. The van der Waals surface area contributed by atoms with Crippen molar-refractivity contribution < 1.29 is 4.79 Å². The molecule has 0 aliphatic rings. The van der Waals surface area contributed by atoms with Gasteiger partial charge in [-0.15, -0.1) is 21.5 Å². The minimum Gasteiger partial charge on any atom is -0.325 e. The average molecular weight is 387 g/mol. The van der Waals surface area contributed by atoms with Crippen LogP contribution in [0.2, 0.25) is 0 Å². The molecule has 0 radical (unpaired) electrons. The van der Waals surface area contributed by atoms with Crippen molar-refractivity contribution in [1.29, 1.82) is 0 Å². The molecular formula is C19H22N4OS2. The van der Waals surface area contributed by atoms with Crippen LogP contribution in [0.5, 0.6) is 0 Å². The maximum Gasteiger partial charge on any atom is 0.234 e. The third-order valence-electron chi connectivity index (χ3n) is 3.94. The van der Waals surface area contributed by atoms with Crippen molar-refractivity contribution in [3.05, 3.63) is 47.3 Å². The summed E-state index contributed by atoms with van der Waals surface area (Å²) in [7, 11) is 0. The Balaban J connectivity index is 1.64. The molecule has 2 aromatic heterocycles. The molecule has 0 atom stereocenters.